The Morgan fingerprint density at radius 2 is 2.00 bits per heavy atom. The van der Waals surface area contributed by atoms with Crippen molar-refractivity contribution in [1.29, 1.82) is 0 Å². The molecule has 1 saturated carbocycles. The molecule has 0 aromatic carbocycles. The molecule has 0 aromatic heterocycles. The van der Waals surface area contributed by atoms with Gasteiger partial charge >= 0.3 is 0 Å². The highest BCUT2D eigenvalue weighted by Crippen LogP contribution is 2.30. The van der Waals surface area contributed by atoms with Crippen LogP contribution in [0.5, 0.6) is 0 Å². The average molecular weight is 178 g/mol. The van der Waals surface area contributed by atoms with Crippen LogP contribution < -0.4 is 0 Å². The summed E-state index contributed by atoms with van der Waals surface area (Å²) in [6.45, 7) is 0. The topological polar surface area (TPSA) is 20.2 Å². The molecule has 1 fully saturated rings. The van der Waals surface area contributed by atoms with Gasteiger partial charge in [-0.2, -0.15) is 0 Å². The van der Waals surface area contributed by atoms with Gasteiger partial charge in [0, 0.05) is 0 Å². The van der Waals surface area contributed by atoms with Crippen molar-refractivity contribution in [2.75, 3.05) is 0 Å². The van der Waals surface area contributed by atoms with Crippen LogP contribution in [0.15, 0.2) is 23.8 Å². The Morgan fingerprint density at radius 3 is 2.62 bits per heavy atom. The maximum absolute atomic E-state index is 10.1. The third-order valence-corrected chi connectivity index (χ3v) is 3.24. The van der Waals surface area contributed by atoms with Gasteiger partial charge in [0.05, 0.1) is 6.10 Å². The van der Waals surface area contributed by atoms with Crippen LogP contribution in [0.2, 0.25) is 0 Å². The minimum atomic E-state index is -0.181. The van der Waals surface area contributed by atoms with E-state index in [-0.39, 0.29) is 6.10 Å². The van der Waals surface area contributed by atoms with Gasteiger partial charge < -0.3 is 5.11 Å². The zero-order chi connectivity index (χ0) is 9.10. The minimum Gasteiger partial charge on any atom is -0.388 e. The van der Waals surface area contributed by atoms with E-state index >= 15 is 0 Å². The number of aliphatic hydroxyl groups is 1. The van der Waals surface area contributed by atoms with Crippen molar-refractivity contribution in [2.45, 2.75) is 44.6 Å². The fourth-order valence-electron chi connectivity index (χ4n) is 2.42. The van der Waals surface area contributed by atoms with Gasteiger partial charge in [-0.05, 0) is 30.8 Å². The number of hydrogen-bond acceptors (Lipinski definition) is 1. The van der Waals surface area contributed by atoms with Crippen LogP contribution in [0.4, 0.5) is 0 Å². The van der Waals surface area contributed by atoms with Crippen LogP contribution in [0.3, 0.4) is 0 Å². The molecule has 1 atom stereocenters. The van der Waals surface area contributed by atoms with E-state index in [0.29, 0.717) is 5.92 Å². The first kappa shape index (κ1) is 9.01. The quantitative estimate of drug-likeness (QED) is 0.689. The molecule has 72 valence electrons. The van der Waals surface area contributed by atoms with E-state index < -0.39 is 0 Å². The molecule has 0 aliphatic heterocycles. The van der Waals surface area contributed by atoms with Crippen molar-refractivity contribution >= 4 is 0 Å². The van der Waals surface area contributed by atoms with Crippen LogP contribution in [0.25, 0.3) is 0 Å². The van der Waals surface area contributed by atoms with Gasteiger partial charge in [-0.1, -0.05) is 37.5 Å². The fourth-order valence-corrected chi connectivity index (χ4v) is 2.42. The molecule has 0 spiro atoms. The Labute approximate surface area is 80.2 Å². The first-order valence-electron chi connectivity index (χ1n) is 5.42. The van der Waals surface area contributed by atoms with E-state index in [4.69, 9.17) is 0 Å². The first-order chi connectivity index (χ1) is 6.38. The largest absolute Gasteiger partial charge is 0.388 e. The molecule has 1 heteroatoms. The van der Waals surface area contributed by atoms with Gasteiger partial charge in [0.15, 0.2) is 0 Å². The summed E-state index contributed by atoms with van der Waals surface area (Å²) in [7, 11) is 0. The second kappa shape index (κ2) is 4.10. The lowest BCUT2D eigenvalue weighted by molar-refractivity contribution is 0.118. The lowest BCUT2D eigenvalue weighted by Gasteiger charge is -2.26. The molecule has 0 heterocycles. The van der Waals surface area contributed by atoms with Crippen molar-refractivity contribution in [3.05, 3.63) is 23.8 Å². The molecule has 2 rings (SSSR count). The van der Waals surface area contributed by atoms with Crippen LogP contribution >= 0.6 is 0 Å². The summed E-state index contributed by atoms with van der Waals surface area (Å²) in [5.74, 6) is 0.530. The standard InChI is InChI=1S/C12H18O/c13-12(11-8-4-5-9-11)10-6-2-1-3-7-10/h4,8-10,12-13H,1-3,5-7H2. The van der Waals surface area contributed by atoms with Crippen molar-refractivity contribution in [3.63, 3.8) is 0 Å². The molecule has 1 N–H and O–H groups in total. The summed E-state index contributed by atoms with van der Waals surface area (Å²) in [5, 5.41) is 10.1. The Morgan fingerprint density at radius 1 is 1.23 bits per heavy atom. The number of rotatable bonds is 2. The second-order valence-electron chi connectivity index (χ2n) is 4.19. The highest BCUT2D eigenvalue weighted by atomic mass is 16.3. The summed E-state index contributed by atoms with van der Waals surface area (Å²) in [6.07, 6.45) is 13.6. The van der Waals surface area contributed by atoms with E-state index in [1.165, 1.54) is 32.1 Å². The summed E-state index contributed by atoms with van der Waals surface area (Å²) >= 11 is 0. The van der Waals surface area contributed by atoms with Gasteiger partial charge in [0.1, 0.15) is 0 Å². The maximum atomic E-state index is 10.1. The molecule has 0 aromatic rings. The van der Waals surface area contributed by atoms with Gasteiger partial charge in [0.25, 0.3) is 0 Å². The van der Waals surface area contributed by atoms with Crippen molar-refractivity contribution < 1.29 is 5.11 Å². The Kier molecular flexibility index (Phi) is 2.84. The van der Waals surface area contributed by atoms with E-state index in [9.17, 15) is 5.11 Å². The molecule has 2 aliphatic carbocycles. The lowest BCUT2D eigenvalue weighted by atomic mass is 9.83. The molecule has 13 heavy (non-hydrogen) atoms. The summed E-state index contributed by atoms with van der Waals surface area (Å²) in [4.78, 5) is 0. The highest BCUT2D eigenvalue weighted by molar-refractivity contribution is 5.30. The molecule has 1 unspecified atom stereocenters. The normalized spacial score (nSPS) is 26.1. The van der Waals surface area contributed by atoms with Gasteiger partial charge in [-0.3, -0.25) is 0 Å². The molecule has 0 bridgehead atoms. The minimum absolute atomic E-state index is 0.181. The monoisotopic (exact) mass is 178 g/mol. The van der Waals surface area contributed by atoms with Crippen LogP contribution in [0, 0.1) is 5.92 Å². The third-order valence-electron chi connectivity index (χ3n) is 3.24. The lowest BCUT2D eigenvalue weighted by Crippen LogP contribution is -2.23. The third kappa shape index (κ3) is 2.02. The molecule has 0 radical (unpaired) electrons. The highest BCUT2D eigenvalue weighted by Gasteiger charge is 2.23. The van der Waals surface area contributed by atoms with E-state index in [1.807, 2.05) is 0 Å². The molecular formula is C12H18O. The molecule has 1 nitrogen and oxygen atoms in total. The first-order valence-corrected chi connectivity index (χ1v) is 5.42. The SMILES string of the molecule is OC(C1=CCC=C1)C1CCCCC1. The molecule has 0 saturated heterocycles. The van der Waals surface area contributed by atoms with Gasteiger partial charge in [-0.25, -0.2) is 0 Å². The van der Waals surface area contributed by atoms with E-state index in [1.54, 1.807) is 0 Å². The Hall–Kier alpha value is -0.560. The molecule has 0 amide bonds. The summed E-state index contributed by atoms with van der Waals surface area (Å²) in [6, 6.07) is 0. The predicted octanol–water partition coefficient (Wildman–Crippen LogP) is 2.81. The second-order valence-corrected chi connectivity index (χ2v) is 4.19. The zero-order valence-electron chi connectivity index (χ0n) is 8.08. The van der Waals surface area contributed by atoms with Gasteiger partial charge in [-0.15, -0.1) is 0 Å². The smallest absolute Gasteiger partial charge is 0.0815 e. The number of aliphatic hydroxyl groups excluding tert-OH is 1. The van der Waals surface area contributed by atoms with Crippen LogP contribution in [-0.2, 0) is 0 Å². The Bertz CT molecular complexity index is 221. The fraction of sp³-hybridized carbons (Fsp3) is 0.667. The Balaban J connectivity index is 1.94. The van der Waals surface area contributed by atoms with E-state index in [2.05, 4.69) is 18.2 Å². The van der Waals surface area contributed by atoms with Crippen LogP contribution in [0.1, 0.15) is 38.5 Å². The maximum Gasteiger partial charge on any atom is 0.0815 e. The molecular weight excluding hydrogens is 160 g/mol. The van der Waals surface area contributed by atoms with Crippen LogP contribution in [-0.4, -0.2) is 11.2 Å². The van der Waals surface area contributed by atoms with Gasteiger partial charge in [0.2, 0.25) is 0 Å². The average Bonchev–Trinajstić information content (AvgIpc) is 2.71. The van der Waals surface area contributed by atoms with E-state index in [0.717, 1.165) is 12.0 Å². The van der Waals surface area contributed by atoms with Crippen molar-refractivity contribution in [2.24, 2.45) is 5.92 Å². The summed E-state index contributed by atoms with van der Waals surface area (Å²) < 4.78 is 0. The number of hydrogen-bond donors (Lipinski definition) is 1. The zero-order valence-corrected chi connectivity index (χ0v) is 8.08. The van der Waals surface area contributed by atoms with Crippen molar-refractivity contribution in [1.82, 2.24) is 0 Å². The predicted molar refractivity (Wildman–Crippen MR) is 54.4 cm³/mol. The van der Waals surface area contributed by atoms with Crippen molar-refractivity contribution in [3.8, 4) is 0 Å². The molecule has 2 aliphatic rings. The number of allylic oxidation sites excluding steroid dienone is 2. The summed E-state index contributed by atoms with van der Waals surface area (Å²) in [5.41, 5.74) is 1.16.